The maximum absolute atomic E-state index is 12.6. The molecule has 28 heavy (non-hydrogen) atoms. The first-order valence-corrected chi connectivity index (χ1v) is 9.49. The van der Waals surface area contributed by atoms with Gasteiger partial charge in [0.15, 0.2) is 5.13 Å². The fourth-order valence-corrected chi connectivity index (χ4v) is 3.68. The molecule has 0 unspecified atom stereocenters. The Morgan fingerprint density at radius 3 is 2.79 bits per heavy atom. The summed E-state index contributed by atoms with van der Waals surface area (Å²) in [6.07, 6.45) is 1.49. The Bertz CT molecular complexity index is 1200. The van der Waals surface area contributed by atoms with Crippen LogP contribution >= 0.6 is 11.3 Å². The maximum Gasteiger partial charge on any atom is 0.295 e. The van der Waals surface area contributed by atoms with Crippen LogP contribution in [0.1, 0.15) is 21.5 Å². The van der Waals surface area contributed by atoms with Crippen LogP contribution in [0.4, 0.5) is 5.13 Å². The summed E-state index contributed by atoms with van der Waals surface area (Å²) in [5.74, 6) is -0.515. The number of nitrogens with one attached hydrogen (secondary N) is 1. The number of carbonyl (C=O) groups is 1. The molecule has 0 atom stereocenters. The largest absolute Gasteiger partial charge is 0.406 e. The average molecular weight is 391 g/mol. The van der Waals surface area contributed by atoms with Crippen LogP contribution in [-0.2, 0) is 6.61 Å². The number of thiazole rings is 1. The second kappa shape index (κ2) is 7.66. The van der Waals surface area contributed by atoms with Crippen LogP contribution < -0.4 is 15.7 Å². The number of hydrogen-bond donors (Lipinski definition) is 1. The van der Waals surface area contributed by atoms with Gasteiger partial charge in [0.25, 0.3) is 11.5 Å². The van der Waals surface area contributed by atoms with E-state index in [2.05, 4.69) is 10.3 Å². The highest BCUT2D eigenvalue weighted by Gasteiger charge is 2.15. The number of hydrogen-bond acceptors (Lipinski definition) is 5. The van der Waals surface area contributed by atoms with Crippen molar-refractivity contribution in [2.24, 2.45) is 0 Å². The molecule has 0 spiro atoms. The zero-order valence-electron chi connectivity index (χ0n) is 15.1. The third-order valence-corrected chi connectivity index (χ3v) is 5.07. The number of aromatic nitrogens is 2. The van der Waals surface area contributed by atoms with Gasteiger partial charge in [0, 0.05) is 6.20 Å². The molecule has 1 N–H and O–H groups in total. The number of amides is 1. The summed E-state index contributed by atoms with van der Waals surface area (Å²) in [4.78, 5) is 35.1. The van der Waals surface area contributed by atoms with Gasteiger partial charge < -0.3 is 4.84 Å². The normalized spacial score (nSPS) is 10.8. The fourth-order valence-electron chi connectivity index (χ4n) is 2.72. The lowest BCUT2D eigenvalue weighted by molar-refractivity contribution is 0.0863. The molecule has 1 amide bonds. The third-order valence-electron chi connectivity index (χ3n) is 4.14. The lowest BCUT2D eigenvalue weighted by atomic mass is 10.2. The summed E-state index contributed by atoms with van der Waals surface area (Å²) >= 11 is 1.37. The minimum absolute atomic E-state index is 0.00833. The Morgan fingerprint density at radius 2 is 1.96 bits per heavy atom. The van der Waals surface area contributed by atoms with Gasteiger partial charge in [-0.1, -0.05) is 47.7 Å². The first-order valence-electron chi connectivity index (χ1n) is 8.67. The Morgan fingerprint density at radius 1 is 1.14 bits per heavy atom. The molecule has 4 aromatic rings. The predicted molar refractivity (Wildman–Crippen MR) is 110 cm³/mol. The van der Waals surface area contributed by atoms with Gasteiger partial charge in [-0.15, -0.1) is 0 Å². The van der Waals surface area contributed by atoms with Crippen molar-refractivity contribution in [1.82, 2.24) is 9.71 Å². The molecule has 2 heterocycles. The van der Waals surface area contributed by atoms with Crippen molar-refractivity contribution in [2.45, 2.75) is 13.5 Å². The lowest BCUT2D eigenvalue weighted by Gasteiger charge is -2.09. The first-order chi connectivity index (χ1) is 13.6. The molecule has 140 valence electrons. The Balaban J connectivity index is 1.53. The van der Waals surface area contributed by atoms with E-state index < -0.39 is 11.5 Å². The highest BCUT2D eigenvalue weighted by molar-refractivity contribution is 7.22. The van der Waals surface area contributed by atoms with Crippen molar-refractivity contribution in [3.63, 3.8) is 0 Å². The van der Waals surface area contributed by atoms with E-state index >= 15 is 0 Å². The van der Waals surface area contributed by atoms with E-state index in [1.807, 2.05) is 55.5 Å². The zero-order chi connectivity index (χ0) is 19.5. The molecule has 0 fully saturated rings. The van der Waals surface area contributed by atoms with Crippen molar-refractivity contribution < 1.29 is 9.63 Å². The zero-order valence-corrected chi connectivity index (χ0v) is 15.9. The second-order valence-corrected chi connectivity index (χ2v) is 7.29. The Labute approximate surface area is 165 Å². The summed E-state index contributed by atoms with van der Waals surface area (Å²) in [6.45, 7) is 2.22. The van der Waals surface area contributed by atoms with Gasteiger partial charge in [0.2, 0.25) is 0 Å². The smallest absolute Gasteiger partial charge is 0.295 e. The molecular weight excluding hydrogens is 374 g/mol. The van der Waals surface area contributed by atoms with Crippen LogP contribution in [0.3, 0.4) is 0 Å². The molecule has 0 aliphatic heterocycles. The van der Waals surface area contributed by atoms with Crippen LogP contribution in [0.15, 0.2) is 71.7 Å². The highest BCUT2D eigenvalue weighted by Crippen LogP contribution is 2.26. The predicted octanol–water partition coefficient (Wildman–Crippen LogP) is 3.65. The average Bonchev–Trinajstić information content (AvgIpc) is 3.09. The summed E-state index contributed by atoms with van der Waals surface area (Å²) in [6, 6.07) is 18.4. The fraction of sp³-hybridized carbons (Fsp3) is 0.0952. The van der Waals surface area contributed by atoms with E-state index in [4.69, 9.17) is 4.84 Å². The molecule has 2 aromatic heterocycles. The number of nitrogens with zero attached hydrogens (tertiary/aromatic N) is 2. The van der Waals surface area contributed by atoms with E-state index in [0.717, 1.165) is 26.1 Å². The molecule has 6 nitrogen and oxygen atoms in total. The van der Waals surface area contributed by atoms with E-state index in [-0.39, 0.29) is 12.2 Å². The van der Waals surface area contributed by atoms with Crippen LogP contribution in [0, 0.1) is 6.92 Å². The minimum Gasteiger partial charge on any atom is -0.406 e. The van der Waals surface area contributed by atoms with Gasteiger partial charge in [-0.2, -0.15) is 4.73 Å². The molecule has 0 aliphatic carbocycles. The number of carbonyl (C=O) groups excluding carboxylic acids is 1. The van der Waals surface area contributed by atoms with Crippen LogP contribution in [0.5, 0.6) is 0 Å². The van der Waals surface area contributed by atoms with Crippen molar-refractivity contribution >= 4 is 32.6 Å². The number of fused-ring (bicyclic) bond motifs is 1. The summed E-state index contributed by atoms with van der Waals surface area (Å²) < 4.78 is 2.05. The molecule has 2 aromatic carbocycles. The molecule has 0 aliphatic rings. The van der Waals surface area contributed by atoms with Crippen molar-refractivity contribution in [2.75, 3.05) is 5.32 Å². The van der Waals surface area contributed by atoms with Gasteiger partial charge in [-0.25, -0.2) is 4.98 Å². The number of rotatable bonds is 5. The lowest BCUT2D eigenvalue weighted by Crippen LogP contribution is -2.32. The van der Waals surface area contributed by atoms with E-state index in [0.29, 0.717) is 5.13 Å². The summed E-state index contributed by atoms with van der Waals surface area (Å²) in [5, 5.41) is 3.16. The van der Waals surface area contributed by atoms with E-state index in [1.165, 1.54) is 23.6 Å². The van der Waals surface area contributed by atoms with Crippen molar-refractivity contribution in [3.8, 4) is 0 Å². The van der Waals surface area contributed by atoms with Gasteiger partial charge in [0.1, 0.15) is 12.2 Å². The van der Waals surface area contributed by atoms with Gasteiger partial charge in [0.05, 0.1) is 10.2 Å². The Kier molecular flexibility index (Phi) is 4.90. The van der Waals surface area contributed by atoms with E-state index in [1.54, 1.807) is 6.07 Å². The topological polar surface area (TPSA) is 73.2 Å². The molecule has 0 saturated heterocycles. The third kappa shape index (κ3) is 3.79. The molecule has 4 rings (SSSR count). The van der Waals surface area contributed by atoms with Crippen molar-refractivity contribution in [1.29, 1.82) is 0 Å². The quantitative estimate of drug-likeness (QED) is 0.564. The highest BCUT2D eigenvalue weighted by atomic mass is 32.1. The van der Waals surface area contributed by atoms with Crippen molar-refractivity contribution in [3.05, 3.63) is 93.9 Å². The second-order valence-electron chi connectivity index (χ2n) is 6.26. The number of benzene rings is 2. The SMILES string of the molecule is Cc1ccc2nc(NC(=O)c3cccn(OCc4ccccc4)c3=O)sc2c1. The number of pyridine rings is 1. The summed E-state index contributed by atoms with van der Waals surface area (Å²) in [7, 11) is 0. The molecule has 0 radical (unpaired) electrons. The van der Waals surface area contributed by atoms with Crippen LogP contribution in [-0.4, -0.2) is 15.6 Å². The van der Waals surface area contributed by atoms with Crippen LogP contribution in [0.25, 0.3) is 10.2 Å². The molecular formula is C21H17N3O3S. The molecule has 7 heteroatoms. The van der Waals surface area contributed by atoms with Gasteiger partial charge >= 0.3 is 0 Å². The summed E-state index contributed by atoms with van der Waals surface area (Å²) in [5.41, 5.74) is 2.33. The van der Waals surface area contributed by atoms with Gasteiger partial charge in [-0.05, 0) is 42.3 Å². The number of anilines is 1. The molecule has 0 bridgehead atoms. The Hall–Kier alpha value is -3.45. The maximum atomic E-state index is 12.6. The minimum atomic E-state index is -0.520. The van der Waals surface area contributed by atoms with Gasteiger partial charge in [-0.3, -0.25) is 14.9 Å². The standard InChI is InChI=1S/C21H17N3O3S/c1-14-9-10-17-18(12-14)28-21(22-17)23-19(25)16-8-5-11-24(20(16)26)27-13-15-6-3-2-4-7-15/h2-12H,13H2,1H3,(H,22,23,25). The van der Waals surface area contributed by atoms with Crippen LogP contribution in [0.2, 0.25) is 0 Å². The number of aryl methyl sites for hydroxylation is 1. The molecule has 0 saturated carbocycles. The monoisotopic (exact) mass is 391 g/mol. The first kappa shape index (κ1) is 17.9. The van der Waals surface area contributed by atoms with E-state index in [9.17, 15) is 9.59 Å².